The van der Waals surface area contributed by atoms with E-state index in [0.29, 0.717) is 10.8 Å². The molecule has 0 aliphatic carbocycles. The van der Waals surface area contributed by atoms with Crippen molar-refractivity contribution in [2.45, 2.75) is 45.8 Å². The average molecular weight is 532 g/mol. The lowest BCUT2D eigenvalue weighted by molar-refractivity contribution is -0.142. The van der Waals surface area contributed by atoms with Crippen LogP contribution < -0.4 is 10.1 Å². The summed E-state index contributed by atoms with van der Waals surface area (Å²) in [5.41, 5.74) is 0.878. The predicted molar refractivity (Wildman–Crippen MR) is 137 cm³/mol. The van der Waals surface area contributed by atoms with Crippen LogP contribution >= 0.6 is 27.5 Å². The molecule has 3 rings (SSSR count). The summed E-state index contributed by atoms with van der Waals surface area (Å²) >= 11 is 9.59. The van der Waals surface area contributed by atoms with E-state index >= 15 is 0 Å². The lowest BCUT2D eigenvalue weighted by Gasteiger charge is -2.29. The van der Waals surface area contributed by atoms with Gasteiger partial charge in [0.15, 0.2) is 6.61 Å². The highest BCUT2D eigenvalue weighted by atomic mass is 79.9. The van der Waals surface area contributed by atoms with Crippen molar-refractivity contribution in [1.29, 1.82) is 0 Å². The molecule has 7 heteroatoms. The molecule has 0 radical (unpaired) electrons. The topological polar surface area (TPSA) is 58.6 Å². The van der Waals surface area contributed by atoms with E-state index < -0.39 is 6.04 Å². The molecule has 2 atom stereocenters. The van der Waals surface area contributed by atoms with Crippen LogP contribution in [0.15, 0.2) is 65.1 Å². The van der Waals surface area contributed by atoms with E-state index in [4.69, 9.17) is 16.3 Å². The average Bonchev–Trinajstić information content (AvgIpc) is 2.82. The summed E-state index contributed by atoms with van der Waals surface area (Å²) in [5, 5.41) is 5.65. The first kappa shape index (κ1) is 25.1. The van der Waals surface area contributed by atoms with Gasteiger partial charge < -0.3 is 15.0 Å². The molecule has 0 heterocycles. The van der Waals surface area contributed by atoms with Gasteiger partial charge in [0.05, 0.1) is 4.47 Å². The standard InChI is InChI=1S/C26H28BrClN2O3/c1-4-17(2)29-26(32)18(3)30(15-19-9-12-21(28)13-10-19)24(31)16-33-23-14-11-20-7-5-6-8-22(20)25(23)27/h5-14,17-18H,4,15-16H2,1-3H3,(H,29,32). The van der Waals surface area contributed by atoms with Crippen LogP contribution in [0.3, 0.4) is 0 Å². The number of carbonyl (C=O) groups excluding carboxylic acids is 2. The van der Waals surface area contributed by atoms with Crippen molar-refractivity contribution in [3.8, 4) is 5.75 Å². The van der Waals surface area contributed by atoms with E-state index in [1.807, 2.05) is 62.4 Å². The number of rotatable bonds is 9. The van der Waals surface area contributed by atoms with Gasteiger partial charge in [-0.15, -0.1) is 0 Å². The van der Waals surface area contributed by atoms with Gasteiger partial charge in [-0.05, 0) is 70.7 Å². The molecule has 3 aromatic carbocycles. The molecule has 0 spiro atoms. The monoisotopic (exact) mass is 530 g/mol. The number of benzene rings is 3. The third-order valence-corrected chi connectivity index (χ3v) is 6.68. The Morgan fingerprint density at radius 1 is 1.06 bits per heavy atom. The van der Waals surface area contributed by atoms with Crippen molar-refractivity contribution in [2.75, 3.05) is 6.61 Å². The number of amides is 2. The van der Waals surface area contributed by atoms with Crippen molar-refractivity contribution in [3.05, 3.63) is 75.7 Å². The molecule has 0 aliphatic rings. The largest absolute Gasteiger partial charge is 0.483 e. The zero-order valence-corrected chi connectivity index (χ0v) is 21.3. The molecule has 33 heavy (non-hydrogen) atoms. The third kappa shape index (κ3) is 6.49. The summed E-state index contributed by atoms with van der Waals surface area (Å²) in [6.45, 7) is 5.76. The smallest absolute Gasteiger partial charge is 0.261 e. The summed E-state index contributed by atoms with van der Waals surface area (Å²) in [5.74, 6) is 0.0977. The van der Waals surface area contributed by atoms with E-state index in [1.165, 1.54) is 4.90 Å². The van der Waals surface area contributed by atoms with Gasteiger partial charge in [-0.1, -0.05) is 61.0 Å². The Labute approximate surface area is 208 Å². The highest BCUT2D eigenvalue weighted by molar-refractivity contribution is 9.10. The maximum absolute atomic E-state index is 13.2. The number of carbonyl (C=O) groups is 2. The molecular formula is C26H28BrClN2O3. The van der Waals surface area contributed by atoms with Crippen molar-refractivity contribution < 1.29 is 14.3 Å². The third-order valence-electron chi connectivity index (χ3n) is 5.61. The minimum atomic E-state index is -0.661. The van der Waals surface area contributed by atoms with E-state index in [2.05, 4.69) is 21.2 Å². The fourth-order valence-electron chi connectivity index (χ4n) is 3.38. The lowest BCUT2D eigenvalue weighted by atomic mass is 10.1. The Balaban J connectivity index is 1.78. The Kier molecular flexibility index (Phi) is 8.75. The van der Waals surface area contributed by atoms with Gasteiger partial charge in [-0.3, -0.25) is 9.59 Å². The fourth-order valence-corrected chi connectivity index (χ4v) is 4.12. The van der Waals surface area contributed by atoms with E-state index in [1.54, 1.807) is 19.1 Å². The summed E-state index contributed by atoms with van der Waals surface area (Å²) in [7, 11) is 0. The normalized spacial score (nSPS) is 12.8. The van der Waals surface area contributed by atoms with Gasteiger partial charge in [-0.2, -0.15) is 0 Å². The minimum absolute atomic E-state index is 0.0252. The highest BCUT2D eigenvalue weighted by Gasteiger charge is 2.27. The van der Waals surface area contributed by atoms with Gasteiger partial charge in [-0.25, -0.2) is 0 Å². The second kappa shape index (κ2) is 11.5. The van der Waals surface area contributed by atoms with Crippen molar-refractivity contribution in [2.24, 2.45) is 0 Å². The summed E-state index contributed by atoms with van der Waals surface area (Å²) in [4.78, 5) is 27.6. The van der Waals surface area contributed by atoms with Crippen LogP contribution in [0.1, 0.15) is 32.8 Å². The fraction of sp³-hybridized carbons (Fsp3) is 0.308. The maximum Gasteiger partial charge on any atom is 0.261 e. The molecule has 1 N–H and O–H groups in total. The quantitative estimate of drug-likeness (QED) is 0.370. The SMILES string of the molecule is CCC(C)NC(=O)C(C)N(Cc1ccc(Cl)cc1)C(=O)COc1ccc2ccccc2c1Br. The summed E-state index contributed by atoms with van der Waals surface area (Å²) in [6, 6.07) is 18.3. The van der Waals surface area contributed by atoms with Crippen LogP contribution in [0.2, 0.25) is 5.02 Å². The molecule has 5 nitrogen and oxygen atoms in total. The van der Waals surface area contributed by atoms with Gasteiger partial charge in [0.25, 0.3) is 5.91 Å². The zero-order chi connectivity index (χ0) is 24.0. The number of fused-ring (bicyclic) bond motifs is 1. The first-order valence-electron chi connectivity index (χ1n) is 10.9. The van der Waals surface area contributed by atoms with Gasteiger partial charge in [0.2, 0.25) is 5.91 Å². The Morgan fingerprint density at radius 3 is 2.45 bits per heavy atom. The van der Waals surface area contributed by atoms with Crippen LogP contribution in [0.25, 0.3) is 10.8 Å². The second-order valence-corrected chi connectivity index (χ2v) is 9.26. The van der Waals surface area contributed by atoms with Crippen LogP contribution in [-0.4, -0.2) is 35.4 Å². The number of ether oxygens (including phenoxy) is 1. The maximum atomic E-state index is 13.2. The van der Waals surface area contributed by atoms with Crippen LogP contribution in [0.4, 0.5) is 0 Å². The Morgan fingerprint density at radius 2 is 1.76 bits per heavy atom. The molecule has 0 fully saturated rings. The second-order valence-electron chi connectivity index (χ2n) is 8.03. The number of nitrogens with one attached hydrogen (secondary N) is 1. The molecular weight excluding hydrogens is 504 g/mol. The van der Waals surface area contributed by atoms with Gasteiger partial charge >= 0.3 is 0 Å². The molecule has 2 amide bonds. The van der Waals surface area contributed by atoms with E-state index in [-0.39, 0.29) is 31.0 Å². The van der Waals surface area contributed by atoms with Gasteiger partial charge in [0.1, 0.15) is 11.8 Å². The summed E-state index contributed by atoms with van der Waals surface area (Å²) < 4.78 is 6.68. The number of nitrogens with zero attached hydrogens (tertiary/aromatic N) is 1. The van der Waals surface area contributed by atoms with Crippen molar-refractivity contribution in [1.82, 2.24) is 10.2 Å². The van der Waals surface area contributed by atoms with Crippen molar-refractivity contribution >= 4 is 50.1 Å². The van der Waals surface area contributed by atoms with Crippen LogP contribution in [0, 0.1) is 0 Å². The molecule has 2 unspecified atom stereocenters. The first-order chi connectivity index (χ1) is 15.8. The molecule has 0 aromatic heterocycles. The minimum Gasteiger partial charge on any atom is -0.483 e. The summed E-state index contributed by atoms with van der Waals surface area (Å²) in [6.07, 6.45) is 0.808. The molecule has 174 valence electrons. The first-order valence-corrected chi connectivity index (χ1v) is 12.1. The Hall–Kier alpha value is -2.57. The highest BCUT2D eigenvalue weighted by Crippen LogP contribution is 2.33. The predicted octanol–water partition coefficient (Wildman–Crippen LogP) is 5.97. The van der Waals surface area contributed by atoms with Crippen LogP contribution in [0.5, 0.6) is 5.75 Å². The van der Waals surface area contributed by atoms with Crippen LogP contribution in [-0.2, 0) is 16.1 Å². The van der Waals surface area contributed by atoms with E-state index in [0.717, 1.165) is 27.2 Å². The molecule has 3 aromatic rings. The van der Waals surface area contributed by atoms with Crippen molar-refractivity contribution in [3.63, 3.8) is 0 Å². The molecule has 0 bridgehead atoms. The molecule has 0 saturated heterocycles. The van der Waals surface area contributed by atoms with E-state index in [9.17, 15) is 9.59 Å². The number of halogens is 2. The molecule has 0 aliphatic heterocycles. The lowest BCUT2D eigenvalue weighted by Crippen LogP contribution is -2.50. The Bertz CT molecular complexity index is 1120. The molecule has 0 saturated carbocycles. The van der Waals surface area contributed by atoms with Gasteiger partial charge in [0, 0.05) is 17.6 Å². The zero-order valence-electron chi connectivity index (χ0n) is 19.0. The number of hydrogen-bond acceptors (Lipinski definition) is 3. The number of hydrogen-bond donors (Lipinski definition) is 1.